The third-order valence-corrected chi connectivity index (χ3v) is 2.64. The second kappa shape index (κ2) is 5.15. The van der Waals surface area contributed by atoms with E-state index >= 15 is 0 Å². The summed E-state index contributed by atoms with van der Waals surface area (Å²) in [6.07, 6.45) is 0. The average molecular weight is 248 g/mol. The Morgan fingerprint density at radius 2 is 1.88 bits per heavy atom. The first-order valence-electron chi connectivity index (χ1n) is 5.41. The molecule has 1 aromatic carbocycles. The predicted octanol–water partition coefficient (Wildman–Crippen LogP) is 3.07. The minimum absolute atomic E-state index is 0.292. The maximum absolute atomic E-state index is 5.85. The van der Waals surface area contributed by atoms with Crippen LogP contribution in [0.2, 0.25) is 5.28 Å². The fourth-order valence-electron chi connectivity index (χ4n) is 1.65. The number of benzene rings is 1. The number of hydrogen-bond acceptors (Lipinski definition) is 3. The van der Waals surface area contributed by atoms with Crippen LogP contribution in [0.1, 0.15) is 11.3 Å². The number of anilines is 1. The molecule has 1 heterocycles. The molecule has 3 nitrogen and oxygen atoms in total. The highest BCUT2D eigenvalue weighted by atomic mass is 35.5. The van der Waals surface area contributed by atoms with E-state index in [1.807, 2.05) is 38.2 Å². The van der Waals surface area contributed by atoms with Gasteiger partial charge in [-0.1, -0.05) is 30.3 Å². The maximum atomic E-state index is 5.85. The summed E-state index contributed by atoms with van der Waals surface area (Å²) in [5.41, 5.74) is 2.11. The van der Waals surface area contributed by atoms with Crippen LogP contribution < -0.4 is 4.90 Å². The van der Waals surface area contributed by atoms with E-state index in [1.165, 1.54) is 5.56 Å². The van der Waals surface area contributed by atoms with Crippen molar-refractivity contribution in [3.05, 3.63) is 52.9 Å². The van der Waals surface area contributed by atoms with Crippen LogP contribution in [0.25, 0.3) is 0 Å². The molecule has 0 unspecified atom stereocenters. The van der Waals surface area contributed by atoms with Gasteiger partial charge in [-0.15, -0.1) is 0 Å². The van der Waals surface area contributed by atoms with Gasteiger partial charge in [-0.2, -0.15) is 0 Å². The van der Waals surface area contributed by atoms with Gasteiger partial charge in [-0.25, -0.2) is 9.97 Å². The normalized spacial score (nSPS) is 10.3. The number of nitrogens with zero attached hydrogens (tertiary/aromatic N) is 3. The molecule has 88 valence electrons. The molecule has 0 fully saturated rings. The maximum Gasteiger partial charge on any atom is 0.224 e. The fourth-order valence-corrected chi connectivity index (χ4v) is 1.87. The number of aryl methyl sites for hydroxylation is 1. The van der Waals surface area contributed by atoms with Crippen molar-refractivity contribution in [2.45, 2.75) is 13.5 Å². The van der Waals surface area contributed by atoms with Crippen LogP contribution in [0.4, 0.5) is 5.82 Å². The Hall–Kier alpha value is -1.61. The first-order chi connectivity index (χ1) is 8.15. The Morgan fingerprint density at radius 1 is 1.18 bits per heavy atom. The van der Waals surface area contributed by atoms with Gasteiger partial charge in [-0.05, 0) is 24.1 Å². The van der Waals surface area contributed by atoms with Crippen molar-refractivity contribution >= 4 is 17.4 Å². The van der Waals surface area contributed by atoms with Crippen molar-refractivity contribution in [3.8, 4) is 0 Å². The van der Waals surface area contributed by atoms with Gasteiger partial charge < -0.3 is 4.90 Å². The van der Waals surface area contributed by atoms with E-state index in [1.54, 1.807) is 0 Å². The van der Waals surface area contributed by atoms with Gasteiger partial charge in [0.15, 0.2) is 0 Å². The van der Waals surface area contributed by atoms with Crippen molar-refractivity contribution in [2.24, 2.45) is 0 Å². The summed E-state index contributed by atoms with van der Waals surface area (Å²) in [6.45, 7) is 2.71. The fraction of sp³-hybridized carbons (Fsp3) is 0.231. The van der Waals surface area contributed by atoms with E-state index in [9.17, 15) is 0 Å². The molecule has 2 aromatic rings. The molecule has 0 bridgehead atoms. The lowest BCUT2D eigenvalue weighted by atomic mass is 10.2. The quantitative estimate of drug-likeness (QED) is 0.781. The van der Waals surface area contributed by atoms with Gasteiger partial charge in [0, 0.05) is 25.4 Å². The summed E-state index contributed by atoms with van der Waals surface area (Å²) >= 11 is 5.85. The molecule has 0 radical (unpaired) electrons. The third kappa shape index (κ3) is 3.17. The van der Waals surface area contributed by atoms with Crippen LogP contribution >= 0.6 is 11.6 Å². The number of aromatic nitrogens is 2. The third-order valence-electron chi connectivity index (χ3n) is 2.47. The van der Waals surface area contributed by atoms with Crippen LogP contribution in [0.3, 0.4) is 0 Å². The molecule has 0 atom stereocenters. The van der Waals surface area contributed by atoms with Crippen molar-refractivity contribution in [3.63, 3.8) is 0 Å². The Balaban J connectivity index is 2.17. The highest BCUT2D eigenvalue weighted by Gasteiger charge is 2.06. The van der Waals surface area contributed by atoms with E-state index in [0.717, 1.165) is 18.1 Å². The minimum atomic E-state index is 0.292. The van der Waals surface area contributed by atoms with Crippen molar-refractivity contribution in [2.75, 3.05) is 11.9 Å². The first-order valence-corrected chi connectivity index (χ1v) is 5.79. The van der Waals surface area contributed by atoms with E-state index in [2.05, 4.69) is 27.0 Å². The molecule has 1 aromatic heterocycles. The topological polar surface area (TPSA) is 29.0 Å². The zero-order valence-electron chi connectivity index (χ0n) is 9.89. The predicted molar refractivity (Wildman–Crippen MR) is 70.3 cm³/mol. The highest BCUT2D eigenvalue weighted by molar-refractivity contribution is 6.28. The average Bonchev–Trinajstić information content (AvgIpc) is 2.29. The summed E-state index contributed by atoms with van der Waals surface area (Å²) in [5.74, 6) is 0.839. The lowest BCUT2D eigenvalue weighted by molar-refractivity contribution is 0.886. The van der Waals surface area contributed by atoms with Crippen molar-refractivity contribution < 1.29 is 0 Å². The summed E-state index contributed by atoms with van der Waals surface area (Å²) in [7, 11) is 1.99. The molecule has 0 amide bonds. The Morgan fingerprint density at radius 3 is 2.53 bits per heavy atom. The SMILES string of the molecule is Cc1cc(N(C)Cc2ccccc2)nc(Cl)n1. The van der Waals surface area contributed by atoms with Gasteiger partial charge >= 0.3 is 0 Å². The van der Waals surface area contributed by atoms with Crippen LogP contribution in [-0.2, 0) is 6.54 Å². The molecule has 2 rings (SSSR count). The van der Waals surface area contributed by atoms with E-state index in [4.69, 9.17) is 11.6 Å². The Kier molecular flexibility index (Phi) is 3.59. The standard InChI is InChI=1S/C13H14ClN3/c1-10-8-12(16-13(14)15-10)17(2)9-11-6-4-3-5-7-11/h3-8H,9H2,1-2H3. The highest BCUT2D eigenvalue weighted by Crippen LogP contribution is 2.15. The molecule has 0 aliphatic carbocycles. The van der Waals surface area contributed by atoms with Crippen LogP contribution in [0.5, 0.6) is 0 Å². The largest absolute Gasteiger partial charge is 0.355 e. The second-order valence-electron chi connectivity index (χ2n) is 3.98. The molecule has 0 saturated heterocycles. The summed E-state index contributed by atoms with van der Waals surface area (Å²) in [5, 5.41) is 0.292. The Labute approximate surface area is 106 Å². The zero-order valence-corrected chi connectivity index (χ0v) is 10.6. The molecule has 0 aliphatic heterocycles. The molecular weight excluding hydrogens is 234 g/mol. The second-order valence-corrected chi connectivity index (χ2v) is 4.32. The van der Waals surface area contributed by atoms with Gasteiger partial charge in [0.05, 0.1) is 0 Å². The van der Waals surface area contributed by atoms with Gasteiger partial charge in [-0.3, -0.25) is 0 Å². The Bertz CT molecular complexity index is 479. The molecule has 0 aliphatic rings. The summed E-state index contributed by atoms with van der Waals surface area (Å²) in [4.78, 5) is 10.3. The van der Waals surface area contributed by atoms with Gasteiger partial charge in [0.1, 0.15) is 5.82 Å². The molecule has 0 saturated carbocycles. The number of halogens is 1. The van der Waals surface area contributed by atoms with E-state index in [0.29, 0.717) is 5.28 Å². The molecule has 0 spiro atoms. The molecule has 4 heteroatoms. The summed E-state index contributed by atoms with van der Waals surface area (Å²) in [6, 6.07) is 12.2. The van der Waals surface area contributed by atoms with E-state index in [-0.39, 0.29) is 0 Å². The molecule has 0 N–H and O–H groups in total. The van der Waals surface area contributed by atoms with Crippen molar-refractivity contribution in [1.29, 1.82) is 0 Å². The van der Waals surface area contributed by atoms with Crippen molar-refractivity contribution in [1.82, 2.24) is 9.97 Å². The van der Waals surface area contributed by atoms with Crippen LogP contribution in [0, 0.1) is 6.92 Å². The number of hydrogen-bond donors (Lipinski definition) is 0. The van der Waals surface area contributed by atoms with Crippen LogP contribution in [-0.4, -0.2) is 17.0 Å². The first kappa shape index (κ1) is 11.9. The number of rotatable bonds is 3. The molecular formula is C13H14ClN3. The smallest absolute Gasteiger partial charge is 0.224 e. The zero-order chi connectivity index (χ0) is 12.3. The van der Waals surface area contributed by atoms with E-state index < -0.39 is 0 Å². The monoisotopic (exact) mass is 247 g/mol. The molecule has 17 heavy (non-hydrogen) atoms. The lowest BCUT2D eigenvalue weighted by Gasteiger charge is -2.18. The van der Waals surface area contributed by atoms with Crippen LogP contribution in [0.15, 0.2) is 36.4 Å². The van der Waals surface area contributed by atoms with Gasteiger partial charge in [0.25, 0.3) is 0 Å². The van der Waals surface area contributed by atoms with Gasteiger partial charge in [0.2, 0.25) is 5.28 Å². The minimum Gasteiger partial charge on any atom is -0.355 e. The lowest BCUT2D eigenvalue weighted by Crippen LogP contribution is -2.18. The summed E-state index contributed by atoms with van der Waals surface area (Å²) < 4.78 is 0.